The molecule has 0 radical (unpaired) electrons. The topological polar surface area (TPSA) is 54.7 Å². The highest BCUT2D eigenvalue weighted by Crippen LogP contribution is 2.38. The van der Waals surface area contributed by atoms with E-state index in [4.69, 9.17) is 4.42 Å². The second kappa shape index (κ2) is 6.33. The minimum Gasteiger partial charge on any atom is -0.411 e. The van der Waals surface area contributed by atoms with Crippen molar-refractivity contribution in [1.29, 1.82) is 0 Å². The molecule has 0 spiro atoms. The van der Waals surface area contributed by atoms with Gasteiger partial charge in [0, 0.05) is 27.9 Å². The fourth-order valence-electron chi connectivity index (χ4n) is 2.72. The van der Waals surface area contributed by atoms with Crippen molar-refractivity contribution in [3.05, 3.63) is 65.9 Å². The minimum absolute atomic E-state index is 0.000607. The first kappa shape index (κ1) is 15.8. The number of benzene rings is 2. The van der Waals surface area contributed by atoms with Gasteiger partial charge in [0.05, 0.1) is 5.56 Å². The second-order valence-corrected chi connectivity index (χ2v) is 6.81. The van der Waals surface area contributed by atoms with Gasteiger partial charge >= 0.3 is 0 Å². The minimum atomic E-state index is -0.587. The van der Waals surface area contributed by atoms with Crippen LogP contribution in [0.2, 0.25) is 0 Å². The van der Waals surface area contributed by atoms with Crippen molar-refractivity contribution in [2.75, 3.05) is 0 Å². The van der Waals surface area contributed by atoms with Gasteiger partial charge in [0.1, 0.15) is 11.6 Å². The Labute approximate surface area is 146 Å². The summed E-state index contributed by atoms with van der Waals surface area (Å²) in [4.78, 5) is 3.14. The predicted molar refractivity (Wildman–Crippen MR) is 92.2 cm³/mol. The normalized spacial score (nSPS) is 12.6. The van der Waals surface area contributed by atoms with E-state index in [1.807, 2.05) is 24.3 Å². The Balaban J connectivity index is 1.62. The second-order valence-electron chi connectivity index (χ2n) is 5.52. The fraction of sp³-hybridized carbons (Fsp3) is 0.111. The largest absolute Gasteiger partial charge is 0.411 e. The highest BCUT2D eigenvalue weighted by molar-refractivity contribution is 7.99. The molecule has 25 heavy (non-hydrogen) atoms. The van der Waals surface area contributed by atoms with E-state index in [2.05, 4.69) is 15.2 Å². The van der Waals surface area contributed by atoms with Gasteiger partial charge in [-0.15, -0.1) is 10.2 Å². The molecule has 0 unspecified atom stereocenters. The van der Waals surface area contributed by atoms with Crippen molar-refractivity contribution in [3.63, 3.8) is 0 Å². The molecule has 0 saturated heterocycles. The van der Waals surface area contributed by atoms with Crippen LogP contribution in [0.15, 0.2) is 58.3 Å². The molecule has 4 aromatic rings. The molecule has 1 atom stereocenters. The maximum Gasteiger partial charge on any atom is 0.277 e. The number of hydrogen-bond donors (Lipinski definition) is 1. The summed E-state index contributed by atoms with van der Waals surface area (Å²) in [6.45, 7) is 1.70. The number of thioether (sulfide) groups is 1. The summed E-state index contributed by atoms with van der Waals surface area (Å²) in [5, 5.41) is 8.77. The zero-order valence-electron chi connectivity index (χ0n) is 13.2. The smallest absolute Gasteiger partial charge is 0.277 e. The number of nitrogens with one attached hydrogen (secondary N) is 1. The molecule has 4 rings (SSSR count). The van der Waals surface area contributed by atoms with Crippen LogP contribution in [-0.2, 0) is 0 Å². The zero-order chi connectivity index (χ0) is 17.4. The van der Waals surface area contributed by atoms with Gasteiger partial charge in [-0.3, -0.25) is 0 Å². The van der Waals surface area contributed by atoms with Gasteiger partial charge in [-0.05, 0) is 25.1 Å². The van der Waals surface area contributed by atoms with E-state index in [1.165, 1.54) is 18.2 Å². The quantitative estimate of drug-likeness (QED) is 0.500. The van der Waals surface area contributed by atoms with Crippen molar-refractivity contribution in [2.24, 2.45) is 0 Å². The Morgan fingerprint density at radius 3 is 2.60 bits per heavy atom. The predicted octanol–water partition coefficient (Wildman–Crippen LogP) is 5.35. The first-order chi connectivity index (χ1) is 12.1. The van der Waals surface area contributed by atoms with Gasteiger partial charge < -0.3 is 9.40 Å². The number of H-pyrrole nitrogens is 1. The van der Waals surface area contributed by atoms with E-state index < -0.39 is 16.9 Å². The lowest BCUT2D eigenvalue weighted by atomic mass is 10.1. The highest BCUT2D eigenvalue weighted by atomic mass is 32.2. The van der Waals surface area contributed by atoms with Crippen LogP contribution in [0.4, 0.5) is 8.78 Å². The van der Waals surface area contributed by atoms with Crippen LogP contribution in [0.5, 0.6) is 0 Å². The number of hydrogen-bond acceptors (Lipinski definition) is 4. The van der Waals surface area contributed by atoms with Crippen LogP contribution in [0.25, 0.3) is 22.4 Å². The standard InChI is InChI=1S/C18H13F2N3OS/c1-10(16-13(19)6-4-7-14(16)20)25-18-23-22-17(24-18)12-9-21-15-8-3-2-5-11(12)15/h2-10,21H,1H3/t10-/m0/s1. The van der Waals surface area contributed by atoms with Crippen molar-refractivity contribution in [2.45, 2.75) is 17.4 Å². The average Bonchev–Trinajstić information content (AvgIpc) is 3.21. The highest BCUT2D eigenvalue weighted by Gasteiger charge is 2.21. The summed E-state index contributed by atoms with van der Waals surface area (Å²) >= 11 is 1.12. The summed E-state index contributed by atoms with van der Waals surface area (Å²) in [5.41, 5.74) is 1.76. The SMILES string of the molecule is C[C@H](Sc1nnc(-c2c[nH]c3ccccc23)o1)c1c(F)cccc1F. The van der Waals surface area contributed by atoms with Crippen molar-refractivity contribution < 1.29 is 13.2 Å². The molecule has 7 heteroatoms. The number of halogens is 2. The number of rotatable bonds is 4. The monoisotopic (exact) mass is 357 g/mol. The molecule has 0 fully saturated rings. The van der Waals surface area contributed by atoms with Gasteiger partial charge in [0.2, 0.25) is 0 Å². The molecule has 0 aliphatic rings. The zero-order valence-corrected chi connectivity index (χ0v) is 14.0. The molecular formula is C18H13F2N3OS. The van der Waals surface area contributed by atoms with Crippen LogP contribution in [0.1, 0.15) is 17.7 Å². The summed E-state index contributed by atoms with van der Waals surface area (Å²) in [5.74, 6) is -0.811. The summed E-state index contributed by atoms with van der Waals surface area (Å²) in [6, 6.07) is 11.6. The summed E-state index contributed by atoms with van der Waals surface area (Å²) in [6.07, 6.45) is 1.80. The average molecular weight is 357 g/mol. The maximum atomic E-state index is 13.9. The molecule has 2 heterocycles. The Morgan fingerprint density at radius 1 is 1.04 bits per heavy atom. The van der Waals surface area contributed by atoms with Crippen molar-refractivity contribution in [1.82, 2.24) is 15.2 Å². The van der Waals surface area contributed by atoms with E-state index in [-0.39, 0.29) is 10.8 Å². The van der Waals surface area contributed by atoms with Crippen molar-refractivity contribution >= 4 is 22.7 Å². The van der Waals surface area contributed by atoms with Crippen LogP contribution in [0.3, 0.4) is 0 Å². The number of aromatic amines is 1. The van der Waals surface area contributed by atoms with E-state index in [0.717, 1.165) is 28.2 Å². The van der Waals surface area contributed by atoms with Crippen LogP contribution < -0.4 is 0 Å². The van der Waals surface area contributed by atoms with E-state index in [9.17, 15) is 8.78 Å². The fourth-order valence-corrected chi connectivity index (χ4v) is 3.58. The third-order valence-electron chi connectivity index (χ3n) is 3.91. The van der Waals surface area contributed by atoms with Gasteiger partial charge in [-0.1, -0.05) is 36.0 Å². The van der Waals surface area contributed by atoms with Gasteiger partial charge in [-0.25, -0.2) is 8.78 Å². The molecule has 2 aromatic carbocycles. The number of fused-ring (bicyclic) bond motifs is 1. The molecule has 0 bridgehead atoms. The molecule has 0 amide bonds. The third-order valence-corrected chi connectivity index (χ3v) is 4.87. The van der Waals surface area contributed by atoms with Crippen LogP contribution in [-0.4, -0.2) is 15.2 Å². The molecule has 0 aliphatic carbocycles. The Morgan fingerprint density at radius 2 is 1.80 bits per heavy atom. The lowest BCUT2D eigenvalue weighted by molar-refractivity contribution is 0.465. The van der Waals surface area contributed by atoms with E-state index in [0.29, 0.717) is 5.89 Å². The molecular weight excluding hydrogens is 344 g/mol. The number of nitrogens with zero attached hydrogens (tertiary/aromatic N) is 2. The molecule has 4 nitrogen and oxygen atoms in total. The molecule has 1 N–H and O–H groups in total. The van der Waals surface area contributed by atoms with Gasteiger partial charge in [-0.2, -0.15) is 0 Å². The number of para-hydroxylation sites is 1. The Kier molecular flexibility index (Phi) is 4.01. The lowest BCUT2D eigenvalue weighted by Crippen LogP contribution is -1.97. The van der Waals surface area contributed by atoms with Gasteiger partial charge in [0.15, 0.2) is 0 Å². The van der Waals surface area contributed by atoms with E-state index >= 15 is 0 Å². The Hall–Kier alpha value is -2.67. The number of aromatic nitrogens is 3. The summed E-state index contributed by atoms with van der Waals surface area (Å²) < 4.78 is 33.4. The van der Waals surface area contributed by atoms with Gasteiger partial charge in [0.25, 0.3) is 11.1 Å². The third kappa shape index (κ3) is 2.91. The van der Waals surface area contributed by atoms with Crippen molar-refractivity contribution in [3.8, 4) is 11.5 Å². The van der Waals surface area contributed by atoms with E-state index in [1.54, 1.807) is 13.1 Å². The molecule has 2 aromatic heterocycles. The lowest BCUT2D eigenvalue weighted by Gasteiger charge is -2.10. The Bertz CT molecular complexity index is 1020. The first-order valence-electron chi connectivity index (χ1n) is 7.64. The first-order valence-corrected chi connectivity index (χ1v) is 8.52. The molecule has 126 valence electrons. The van der Waals surface area contributed by atoms with Crippen LogP contribution in [0, 0.1) is 11.6 Å². The summed E-state index contributed by atoms with van der Waals surface area (Å²) in [7, 11) is 0. The molecule has 0 aliphatic heterocycles. The molecule has 0 saturated carbocycles. The maximum absolute atomic E-state index is 13.9. The van der Waals surface area contributed by atoms with Crippen LogP contribution >= 0.6 is 11.8 Å².